The third-order valence-corrected chi connectivity index (χ3v) is 3.56. The maximum absolute atomic E-state index is 12.6. The summed E-state index contributed by atoms with van der Waals surface area (Å²) in [6.45, 7) is 2.86. The highest BCUT2D eigenvalue weighted by Gasteiger charge is 2.32. The van der Waals surface area contributed by atoms with Crippen molar-refractivity contribution in [2.45, 2.75) is 45.5 Å². The van der Waals surface area contributed by atoms with Crippen LogP contribution in [-0.4, -0.2) is 16.1 Å². The first-order valence-corrected chi connectivity index (χ1v) is 7.82. The molecular formula is C18H19F3N2O. The molecule has 0 saturated carbocycles. The standard InChI is InChI=1S/C18H19F3N2O/c1-3-5-6-7-10-23-13-15(12-22-23)16-11-14(4-2)8-9-17(16)24-18(19,20)21/h2,8-9,11-13H,3,5-7,10H2,1H3. The van der Waals surface area contributed by atoms with Crippen LogP contribution in [0.1, 0.15) is 38.2 Å². The number of rotatable bonds is 7. The maximum Gasteiger partial charge on any atom is 0.573 e. The van der Waals surface area contributed by atoms with Gasteiger partial charge >= 0.3 is 6.36 Å². The summed E-state index contributed by atoms with van der Waals surface area (Å²) in [5.41, 5.74) is 1.31. The molecule has 0 unspecified atom stereocenters. The molecule has 0 spiro atoms. The molecule has 6 heteroatoms. The highest BCUT2D eigenvalue weighted by atomic mass is 19.4. The summed E-state index contributed by atoms with van der Waals surface area (Å²) in [6.07, 6.45) is 8.19. The summed E-state index contributed by atoms with van der Waals surface area (Å²) in [5.74, 6) is 2.13. The van der Waals surface area contributed by atoms with E-state index < -0.39 is 6.36 Å². The van der Waals surface area contributed by atoms with E-state index in [1.54, 1.807) is 10.9 Å². The molecular weight excluding hydrogens is 317 g/mol. The zero-order chi connectivity index (χ0) is 17.6. The lowest BCUT2D eigenvalue weighted by atomic mass is 10.1. The quantitative estimate of drug-likeness (QED) is 0.525. The largest absolute Gasteiger partial charge is 0.573 e. The summed E-state index contributed by atoms with van der Waals surface area (Å²) in [7, 11) is 0. The van der Waals surface area contributed by atoms with Gasteiger partial charge in [-0.05, 0) is 24.6 Å². The van der Waals surface area contributed by atoms with Crippen molar-refractivity contribution in [2.24, 2.45) is 0 Å². The van der Waals surface area contributed by atoms with Gasteiger partial charge in [0.15, 0.2) is 0 Å². The van der Waals surface area contributed by atoms with Gasteiger partial charge in [0, 0.05) is 29.4 Å². The predicted octanol–water partition coefficient (Wildman–Crippen LogP) is 5.01. The van der Waals surface area contributed by atoms with Gasteiger partial charge in [0.05, 0.1) is 6.20 Å². The van der Waals surface area contributed by atoms with Gasteiger partial charge in [0.25, 0.3) is 0 Å². The second-order valence-electron chi connectivity index (χ2n) is 5.46. The summed E-state index contributed by atoms with van der Waals surface area (Å²) >= 11 is 0. The average molecular weight is 336 g/mol. The van der Waals surface area contributed by atoms with E-state index in [2.05, 4.69) is 22.7 Å². The molecule has 0 N–H and O–H groups in total. The van der Waals surface area contributed by atoms with Crippen LogP contribution >= 0.6 is 0 Å². The van der Waals surface area contributed by atoms with Gasteiger partial charge in [-0.15, -0.1) is 19.6 Å². The number of hydrogen-bond donors (Lipinski definition) is 0. The predicted molar refractivity (Wildman–Crippen MR) is 86.4 cm³/mol. The number of nitrogens with zero attached hydrogens (tertiary/aromatic N) is 2. The molecule has 1 aromatic carbocycles. The van der Waals surface area contributed by atoms with E-state index >= 15 is 0 Å². The summed E-state index contributed by atoms with van der Waals surface area (Å²) in [5, 5.41) is 4.21. The van der Waals surface area contributed by atoms with Crippen molar-refractivity contribution in [3.63, 3.8) is 0 Å². The Kier molecular flexibility index (Phi) is 5.91. The Hall–Kier alpha value is -2.42. The fourth-order valence-electron chi connectivity index (χ4n) is 2.38. The van der Waals surface area contributed by atoms with E-state index in [0.717, 1.165) is 32.2 Å². The monoisotopic (exact) mass is 336 g/mol. The van der Waals surface area contributed by atoms with Gasteiger partial charge < -0.3 is 4.74 Å². The van der Waals surface area contributed by atoms with Crippen LogP contribution in [0.15, 0.2) is 30.6 Å². The first kappa shape index (κ1) is 17.9. The third-order valence-electron chi connectivity index (χ3n) is 3.56. The zero-order valence-electron chi connectivity index (χ0n) is 13.4. The van der Waals surface area contributed by atoms with Gasteiger partial charge in [-0.2, -0.15) is 5.10 Å². The van der Waals surface area contributed by atoms with Gasteiger partial charge in [-0.3, -0.25) is 4.68 Å². The smallest absolute Gasteiger partial charge is 0.405 e. The van der Waals surface area contributed by atoms with Crippen molar-refractivity contribution in [3.8, 4) is 29.2 Å². The van der Waals surface area contributed by atoms with Gasteiger partial charge in [-0.25, -0.2) is 0 Å². The first-order chi connectivity index (χ1) is 11.4. The molecule has 24 heavy (non-hydrogen) atoms. The van der Waals surface area contributed by atoms with Crippen LogP contribution in [0.2, 0.25) is 0 Å². The molecule has 0 radical (unpaired) electrons. The highest BCUT2D eigenvalue weighted by Crippen LogP contribution is 2.34. The fraction of sp³-hybridized carbons (Fsp3) is 0.389. The Balaban J connectivity index is 2.23. The number of unbranched alkanes of at least 4 members (excludes halogenated alkanes) is 3. The second kappa shape index (κ2) is 7.91. The first-order valence-electron chi connectivity index (χ1n) is 7.82. The molecule has 0 saturated heterocycles. The van der Waals surface area contributed by atoms with Crippen molar-refractivity contribution in [3.05, 3.63) is 36.2 Å². The van der Waals surface area contributed by atoms with Crippen LogP contribution in [0.5, 0.6) is 5.75 Å². The van der Waals surface area contributed by atoms with Crippen molar-refractivity contribution >= 4 is 0 Å². The molecule has 0 bridgehead atoms. The van der Waals surface area contributed by atoms with Crippen LogP contribution in [-0.2, 0) is 6.54 Å². The Morgan fingerprint density at radius 1 is 1.25 bits per heavy atom. The molecule has 0 amide bonds. The van der Waals surface area contributed by atoms with Crippen LogP contribution in [0.25, 0.3) is 11.1 Å². The number of aryl methyl sites for hydroxylation is 1. The number of terminal acetylenes is 1. The number of alkyl halides is 3. The topological polar surface area (TPSA) is 27.1 Å². The molecule has 0 aliphatic carbocycles. The number of hydrogen-bond acceptors (Lipinski definition) is 2. The lowest BCUT2D eigenvalue weighted by Crippen LogP contribution is -2.17. The number of ether oxygens (including phenoxy) is 1. The third kappa shape index (κ3) is 5.05. The Labute approximate surface area is 139 Å². The minimum Gasteiger partial charge on any atom is -0.405 e. The summed E-state index contributed by atoms with van der Waals surface area (Å²) in [4.78, 5) is 0. The average Bonchev–Trinajstić information content (AvgIpc) is 2.99. The van der Waals surface area contributed by atoms with Crippen LogP contribution in [0.3, 0.4) is 0 Å². The molecule has 0 aliphatic heterocycles. The molecule has 0 aliphatic rings. The Morgan fingerprint density at radius 3 is 2.71 bits per heavy atom. The number of benzene rings is 1. The molecule has 2 rings (SSSR count). The second-order valence-corrected chi connectivity index (χ2v) is 5.46. The summed E-state index contributed by atoms with van der Waals surface area (Å²) < 4.78 is 43.6. The van der Waals surface area contributed by atoms with Crippen molar-refractivity contribution < 1.29 is 17.9 Å². The van der Waals surface area contributed by atoms with Crippen LogP contribution in [0.4, 0.5) is 13.2 Å². The Morgan fingerprint density at radius 2 is 2.04 bits per heavy atom. The number of aromatic nitrogens is 2. The van der Waals surface area contributed by atoms with E-state index in [1.165, 1.54) is 24.4 Å². The molecule has 3 nitrogen and oxygen atoms in total. The van der Waals surface area contributed by atoms with E-state index in [4.69, 9.17) is 6.42 Å². The molecule has 0 atom stereocenters. The lowest BCUT2D eigenvalue weighted by Gasteiger charge is -2.12. The minimum atomic E-state index is -4.76. The highest BCUT2D eigenvalue weighted by molar-refractivity contribution is 5.71. The Bertz CT molecular complexity index is 714. The van der Waals surface area contributed by atoms with Gasteiger partial charge in [0.1, 0.15) is 5.75 Å². The minimum absolute atomic E-state index is 0.280. The van der Waals surface area contributed by atoms with Crippen LogP contribution in [0, 0.1) is 12.3 Å². The van der Waals surface area contributed by atoms with E-state index in [9.17, 15) is 13.2 Å². The fourth-order valence-corrected chi connectivity index (χ4v) is 2.38. The molecule has 1 aromatic heterocycles. The maximum atomic E-state index is 12.6. The van der Waals surface area contributed by atoms with E-state index in [0.29, 0.717) is 11.1 Å². The zero-order valence-corrected chi connectivity index (χ0v) is 13.4. The van der Waals surface area contributed by atoms with Gasteiger partial charge in [-0.1, -0.05) is 32.1 Å². The van der Waals surface area contributed by atoms with Crippen molar-refractivity contribution in [1.29, 1.82) is 0 Å². The summed E-state index contributed by atoms with van der Waals surface area (Å²) in [6, 6.07) is 4.15. The number of halogens is 3. The molecule has 128 valence electrons. The van der Waals surface area contributed by atoms with Crippen molar-refractivity contribution in [2.75, 3.05) is 0 Å². The molecule has 2 aromatic rings. The lowest BCUT2D eigenvalue weighted by molar-refractivity contribution is -0.274. The molecule has 0 fully saturated rings. The van der Waals surface area contributed by atoms with Crippen LogP contribution < -0.4 is 4.74 Å². The van der Waals surface area contributed by atoms with Crippen molar-refractivity contribution in [1.82, 2.24) is 9.78 Å². The normalized spacial score (nSPS) is 11.3. The van der Waals surface area contributed by atoms with E-state index in [-0.39, 0.29) is 11.3 Å². The van der Waals surface area contributed by atoms with E-state index in [1.807, 2.05) is 0 Å². The van der Waals surface area contributed by atoms with Gasteiger partial charge in [0.2, 0.25) is 0 Å². The SMILES string of the molecule is C#Cc1ccc(OC(F)(F)F)c(-c2cnn(CCCCCC)c2)c1. The molecule has 1 heterocycles.